The standard InChI is InChI=1S/C15H17N3O2S/c1-9-7-12(16-8-9)17-15(20)13-14(19)10-5-3-4-6-11(10)21-18(13)2/h3-6,8-9,12,19H,7H2,1-2H3,(H,17,20). The van der Waals surface area contributed by atoms with Crippen LogP contribution in [0.5, 0.6) is 0 Å². The SMILES string of the molecule is CC1C=NC(NC(=O)C2=C(O)c3ccccc3SN2C)C1. The van der Waals surface area contributed by atoms with Crippen molar-refractivity contribution in [3.8, 4) is 0 Å². The molecule has 21 heavy (non-hydrogen) atoms. The van der Waals surface area contributed by atoms with Gasteiger partial charge in [0.05, 0.1) is 0 Å². The smallest absolute Gasteiger partial charge is 0.273 e. The summed E-state index contributed by atoms with van der Waals surface area (Å²) in [5.41, 5.74) is 0.961. The van der Waals surface area contributed by atoms with Crippen LogP contribution in [-0.2, 0) is 4.79 Å². The third-order valence-corrected chi connectivity index (χ3v) is 4.55. The Labute approximate surface area is 127 Å². The Morgan fingerprint density at radius 1 is 1.48 bits per heavy atom. The minimum Gasteiger partial charge on any atom is -0.505 e. The van der Waals surface area contributed by atoms with Gasteiger partial charge < -0.3 is 14.7 Å². The van der Waals surface area contributed by atoms with Crippen molar-refractivity contribution >= 4 is 29.8 Å². The van der Waals surface area contributed by atoms with E-state index in [9.17, 15) is 9.90 Å². The molecule has 1 amide bonds. The van der Waals surface area contributed by atoms with E-state index in [1.165, 1.54) is 11.9 Å². The van der Waals surface area contributed by atoms with Crippen molar-refractivity contribution in [1.29, 1.82) is 0 Å². The molecule has 0 spiro atoms. The van der Waals surface area contributed by atoms with Crippen molar-refractivity contribution < 1.29 is 9.90 Å². The summed E-state index contributed by atoms with van der Waals surface area (Å²) in [7, 11) is 1.77. The maximum atomic E-state index is 12.4. The van der Waals surface area contributed by atoms with Gasteiger partial charge in [0, 0.05) is 23.7 Å². The van der Waals surface area contributed by atoms with Crippen LogP contribution >= 0.6 is 11.9 Å². The van der Waals surface area contributed by atoms with Crippen molar-refractivity contribution in [3.63, 3.8) is 0 Å². The second kappa shape index (κ2) is 5.44. The van der Waals surface area contributed by atoms with Crippen LogP contribution in [0, 0.1) is 5.92 Å². The largest absolute Gasteiger partial charge is 0.505 e. The molecule has 1 aromatic rings. The predicted molar refractivity (Wildman–Crippen MR) is 83.8 cm³/mol. The van der Waals surface area contributed by atoms with Crippen molar-refractivity contribution in [2.24, 2.45) is 10.9 Å². The molecule has 2 aliphatic heterocycles. The normalized spacial score (nSPS) is 24.2. The molecular weight excluding hydrogens is 286 g/mol. The lowest BCUT2D eigenvalue weighted by Crippen LogP contribution is -2.38. The number of carbonyl (C=O) groups is 1. The van der Waals surface area contributed by atoms with Crippen LogP contribution in [0.15, 0.2) is 39.9 Å². The first-order valence-corrected chi connectivity index (χ1v) is 7.62. The molecule has 2 heterocycles. The van der Waals surface area contributed by atoms with E-state index in [1.54, 1.807) is 11.4 Å². The van der Waals surface area contributed by atoms with Gasteiger partial charge in [-0.1, -0.05) is 19.1 Å². The fourth-order valence-electron chi connectivity index (χ4n) is 2.50. The zero-order valence-corrected chi connectivity index (χ0v) is 12.7. The summed E-state index contributed by atoms with van der Waals surface area (Å²) in [5, 5.41) is 13.3. The number of carbonyl (C=O) groups excluding carboxylic acids is 1. The topological polar surface area (TPSA) is 64.9 Å². The number of aliphatic hydroxyl groups is 1. The summed E-state index contributed by atoms with van der Waals surface area (Å²) in [6, 6.07) is 7.49. The lowest BCUT2D eigenvalue weighted by molar-refractivity contribution is -0.119. The Hall–Kier alpha value is -1.95. The van der Waals surface area contributed by atoms with Gasteiger partial charge >= 0.3 is 0 Å². The minimum absolute atomic E-state index is 0.0133. The number of hydrogen-bond acceptors (Lipinski definition) is 5. The molecule has 6 heteroatoms. The monoisotopic (exact) mass is 303 g/mol. The first-order valence-electron chi connectivity index (χ1n) is 6.84. The molecule has 5 nitrogen and oxygen atoms in total. The second-order valence-corrected chi connectivity index (χ2v) is 6.45. The Balaban J connectivity index is 1.86. The van der Waals surface area contributed by atoms with Gasteiger partial charge in [-0.3, -0.25) is 9.79 Å². The molecule has 0 saturated carbocycles. The molecular formula is C15H17N3O2S. The number of fused-ring (bicyclic) bond motifs is 1. The first kappa shape index (κ1) is 14.0. The minimum atomic E-state index is -0.298. The highest BCUT2D eigenvalue weighted by Crippen LogP contribution is 2.38. The summed E-state index contributed by atoms with van der Waals surface area (Å²) >= 11 is 1.43. The number of nitrogens with zero attached hydrogens (tertiary/aromatic N) is 2. The zero-order chi connectivity index (χ0) is 15.0. The fourth-order valence-corrected chi connectivity index (χ4v) is 3.46. The molecule has 0 fully saturated rings. The number of amides is 1. The predicted octanol–water partition coefficient (Wildman–Crippen LogP) is 2.42. The highest BCUT2D eigenvalue weighted by molar-refractivity contribution is 7.97. The van der Waals surface area contributed by atoms with Crippen LogP contribution in [-0.4, -0.2) is 34.7 Å². The van der Waals surface area contributed by atoms with Gasteiger partial charge in [-0.2, -0.15) is 0 Å². The molecule has 0 radical (unpaired) electrons. The number of aliphatic imine (C=N–C) groups is 1. The molecule has 110 valence electrons. The van der Waals surface area contributed by atoms with E-state index in [-0.39, 0.29) is 23.5 Å². The fraction of sp³-hybridized carbons (Fsp3) is 0.333. The van der Waals surface area contributed by atoms with E-state index in [2.05, 4.69) is 17.2 Å². The molecule has 0 bridgehead atoms. The summed E-state index contributed by atoms with van der Waals surface area (Å²) in [6.07, 6.45) is 2.45. The van der Waals surface area contributed by atoms with Gasteiger partial charge in [0.2, 0.25) is 0 Å². The van der Waals surface area contributed by atoms with Crippen LogP contribution in [0.1, 0.15) is 18.9 Å². The Morgan fingerprint density at radius 2 is 2.24 bits per heavy atom. The Bertz CT molecular complexity index is 642. The van der Waals surface area contributed by atoms with Gasteiger partial charge in [-0.05, 0) is 36.4 Å². The quantitative estimate of drug-likeness (QED) is 0.824. The van der Waals surface area contributed by atoms with Crippen LogP contribution < -0.4 is 5.32 Å². The van der Waals surface area contributed by atoms with Crippen LogP contribution in [0.4, 0.5) is 0 Å². The summed E-state index contributed by atoms with van der Waals surface area (Å²) in [5.74, 6) is 0.0877. The van der Waals surface area contributed by atoms with E-state index in [1.807, 2.05) is 30.5 Å². The van der Waals surface area contributed by atoms with Crippen molar-refractivity contribution in [2.75, 3.05) is 7.05 Å². The Morgan fingerprint density at radius 3 is 2.95 bits per heavy atom. The molecule has 2 atom stereocenters. The van der Waals surface area contributed by atoms with Gasteiger partial charge in [0.15, 0.2) is 11.5 Å². The number of nitrogens with one attached hydrogen (secondary N) is 1. The number of likely N-dealkylation sites (N-methyl/N-ethyl adjacent to an activating group) is 1. The van der Waals surface area contributed by atoms with Gasteiger partial charge in [0.1, 0.15) is 6.17 Å². The molecule has 0 aromatic heterocycles. The number of aliphatic hydroxyl groups excluding tert-OH is 1. The Kier molecular flexibility index (Phi) is 3.63. The van der Waals surface area contributed by atoms with E-state index in [4.69, 9.17) is 0 Å². The molecule has 1 aromatic carbocycles. The van der Waals surface area contributed by atoms with E-state index >= 15 is 0 Å². The van der Waals surface area contributed by atoms with Gasteiger partial charge in [0.25, 0.3) is 5.91 Å². The van der Waals surface area contributed by atoms with E-state index < -0.39 is 0 Å². The van der Waals surface area contributed by atoms with Gasteiger partial charge in [-0.25, -0.2) is 0 Å². The molecule has 2 N–H and O–H groups in total. The number of hydrogen-bond donors (Lipinski definition) is 2. The van der Waals surface area contributed by atoms with Gasteiger partial charge in [-0.15, -0.1) is 0 Å². The lowest BCUT2D eigenvalue weighted by Gasteiger charge is -2.28. The highest BCUT2D eigenvalue weighted by Gasteiger charge is 2.30. The maximum Gasteiger partial charge on any atom is 0.273 e. The average molecular weight is 303 g/mol. The van der Waals surface area contributed by atoms with Crippen LogP contribution in [0.2, 0.25) is 0 Å². The number of benzene rings is 1. The molecule has 3 rings (SSSR count). The molecule has 2 unspecified atom stereocenters. The third-order valence-electron chi connectivity index (χ3n) is 3.54. The van der Waals surface area contributed by atoms with E-state index in [0.717, 1.165) is 11.3 Å². The summed E-state index contributed by atoms with van der Waals surface area (Å²) in [6.45, 7) is 2.06. The third kappa shape index (κ3) is 2.63. The summed E-state index contributed by atoms with van der Waals surface area (Å²) < 4.78 is 1.69. The lowest BCUT2D eigenvalue weighted by atomic mass is 10.1. The van der Waals surface area contributed by atoms with Crippen molar-refractivity contribution in [1.82, 2.24) is 9.62 Å². The van der Waals surface area contributed by atoms with Crippen LogP contribution in [0.25, 0.3) is 5.76 Å². The maximum absolute atomic E-state index is 12.4. The van der Waals surface area contributed by atoms with Crippen LogP contribution in [0.3, 0.4) is 0 Å². The van der Waals surface area contributed by atoms with E-state index in [0.29, 0.717) is 11.5 Å². The zero-order valence-electron chi connectivity index (χ0n) is 11.9. The second-order valence-electron chi connectivity index (χ2n) is 5.28. The molecule has 2 aliphatic rings. The van der Waals surface area contributed by atoms with Crippen molar-refractivity contribution in [2.45, 2.75) is 24.4 Å². The molecule has 0 aliphatic carbocycles. The van der Waals surface area contributed by atoms with Crippen molar-refractivity contribution in [3.05, 3.63) is 35.5 Å². The average Bonchev–Trinajstić information content (AvgIpc) is 2.84. The number of rotatable bonds is 2. The highest BCUT2D eigenvalue weighted by atomic mass is 32.2. The molecule has 0 saturated heterocycles. The summed E-state index contributed by atoms with van der Waals surface area (Å²) in [4.78, 5) is 17.6. The first-order chi connectivity index (χ1) is 10.1.